The zero-order valence-corrected chi connectivity index (χ0v) is 21.2. The van der Waals surface area contributed by atoms with Crippen LogP contribution in [0.15, 0.2) is 48.7 Å². The van der Waals surface area contributed by atoms with E-state index in [1.54, 1.807) is 11.1 Å². The van der Waals surface area contributed by atoms with Gasteiger partial charge in [-0.2, -0.15) is 5.26 Å². The molecule has 0 saturated carbocycles. The van der Waals surface area contributed by atoms with E-state index in [0.717, 1.165) is 27.4 Å². The second kappa shape index (κ2) is 11.7. The Morgan fingerprint density at radius 3 is 2.81 bits per heavy atom. The summed E-state index contributed by atoms with van der Waals surface area (Å²) in [6, 6.07) is 15.4. The van der Waals surface area contributed by atoms with Gasteiger partial charge in [-0.3, -0.25) is 9.78 Å². The second-order valence-electron chi connectivity index (χ2n) is 8.60. The molecular formula is C27H29N5O3S. The standard InChI is InChI=1S/C27H29N5O3S/c1-3-35-23-10-5-4-9-20(23)18(2)14-25(33)31-26-22(15-28)21-11-13-32(17-24(21)36-26)27(34)30-16-19-8-6-7-12-29-19/h4-10,12,18H,3,11,13-14,16-17H2,1-2H3,(H,30,34)(H,31,33). The van der Waals surface area contributed by atoms with Crippen molar-refractivity contribution in [2.24, 2.45) is 0 Å². The van der Waals surface area contributed by atoms with Gasteiger partial charge in [-0.1, -0.05) is 31.2 Å². The normalized spacial score (nSPS) is 13.3. The van der Waals surface area contributed by atoms with Crippen molar-refractivity contribution in [2.45, 2.75) is 45.7 Å². The van der Waals surface area contributed by atoms with Gasteiger partial charge in [-0.15, -0.1) is 11.3 Å². The van der Waals surface area contributed by atoms with Gasteiger partial charge in [0, 0.05) is 24.0 Å². The molecule has 0 fully saturated rings. The van der Waals surface area contributed by atoms with Crippen LogP contribution in [0.2, 0.25) is 0 Å². The Morgan fingerprint density at radius 2 is 2.06 bits per heavy atom. The molecule has 1 aromatic carbocycles. The van der Waals surface area contributed by atoms with Crippen LogP contribution < -0.4 is 15.4 Å². The molecule has 9 heteroatoms. The Morgan fingerprint density at radius 1 is 1.25 bits per heavy atom. The number of amides is 3. The van der Waals surface area contributed by atoms with Crippen LogP contribution in [0.3, 0.4) is 0 Å². The highest BCUT2D eigenvalue weighted by atomic mass is 32.1. The minimum absolute atomic E-state index is 0.0498. The number of nitrogens with zero attached hydrogens (tertiary/aromatic N) is 3. The fraction of sp³-hybridized carbons (Fsp3) is 0.333. The number of para-hydroxylation sites is 1. The molecule has 1 atom stereocenters. The third-order valence-corrected chi connectivity index (χ3v) is 7.23. The zero-order valence-electron chi connectivity index (χ0n) is 20.4. The highest BCUT2D eigenvalue weighted by Gasteiger charge is 2.28. The average Bonchev–Trinajstić information content (AvgIpc) is 3.24. The monoisotopic (exact) mass is 503 g/mol. The van der Waals surface area contributed by atoms with Gasteiger partial charge in [-0.05, 0) is 48.6 Å². The van der Waals surface area contributed by atoms with Crippen molar-refractivity contribution in [2.75, 3.05) is 18.5 Å². The minimum atomic E-state index is -0.175. The molecule has 8 nitrogen and oxygen atoms in total. The molecule has 36 heavy (non-hydrogen) atoms. The third-order valence-electron chi connectivity index (χ3n) is 6.10. The van der Waals surface area contributed by atoms with Gasteiger partial charge in [0.25, 0.3) is 0 Å². The molecule has 0 bridgehead atoms. The van der Waals surface area contributed by atoms with Crippen molar-refractivity contribution in [3.05, 3.63) is 75.9 Å². The summed E-state index contributed by atoms with van der Waals surface area (Å²) in [5, 5.41) is 16.2. The van der Waals surface area contributed by atoms with E-state index in [1.807, 2.05) is 56.3 Å². The van der Waals surface area contributed by atoms with Crippen molar-refractivity contribution in [3.63, 3.8) is 0 Å². The molecule has 2 aromatic heterocycles. The molecular weight excluding hydrogens is 474 g/mol. The van der Waals surface area contributed by atoms with Crippen LogP contribution in [0, 0.1) is 11.3 Å². The molecule has 0 aliphatic carbocycles. The van der Waals surface area contributed by atoms with Crippen LogP contribution in [0.4, 0.5) is 9.80 Å². The Bertz CT molecular complexity index is 1270. The Kier molecular flexibility index (Phi) is 8.18. The molecule has 3 aromatic rings. The van der Waals surface area contributed by atoms with E-state index in [0.29, 0.717) is 43.2 Å². The number of nitriles is 1. The summed E-state index contributed by atoms with van der Waals surface area (Å²) in [5.41, 5.74) is 3.18. The van der Waals surface area contributed by atoms with Crippen molar-refractivity contribution < 1.29 is 14.3 Å². The maximum absolute atomic E-state index is 12.9. The number of aromatic nitrogens is 1. The molecule has 2 N–H and O–H groups in total. The van der Waals surface area contributed by atoms with Crippen LogP contribution in [0.5, 0.6) is 5.75 Å². The number of ether oxygens (including phenoxy) is 1. The fourth-order valence-electron chi connectivity index (χ4n) is 4.30. The van der Waals surface area contributed by atoms with E-state index in [-0.39, 0.29) is 24.3 Å². The third kappa shape index (κ3) is 5.83. The van der Waals surface area contributed by atoms with Crippen molar-refractivity contribution >= 4 is 28.3 Å². The van der Waals surface area contributed by atoms with E-state index in [9.17, 15) is 14.9 Å². The number of thiophene rings is 1. The highest BCUT2D eigenvalue weighted by Crippen LogP contribution is 2.37. The molecule has 186 valence electrons. The van der Waals surface area contributed by atoms with Crippen molar-refractivity contribution in [1.82, 2.24) is 15.2 Å². The summed E-state index contributed by atoms with van der Waals surface area (Å²) < 4.78 is 5.71. The Labute approximate surface area is 214 Å². The number of hydrogen-bond acceptors (Lipinski definition) is 6. The van der Waals surface area contributed by atoms with E-state index < -0.39 is 0 Å². The van der Waals surface area contributed by atoms with E-state index in [4.69, 9.17) is 4.74 Å². The van der Waals surface area contributed by atoms with E-state index in [2.05, 4.69) is 21.7 Å². The Hall–Kier alpha value is -3.90. The number of anilines is 1. The van der Waals surface area contributed by atoms with Gasteiger partial charge >= 0.3 is 6.03 Å². The minimum Gasteiger partial charge on any atom is -0.494 e. The fourth-order valence-corrected chi connectivity index (χ4v) is 5.53. The molecule has 0 radical (unpaired) electrons. The molecule has 1 aliphatic heterocycles. The number of fused-ring (bicyclic) bond motifs is 1. The topological polar surface area (TPSA) is 107 Å². The maximum Gasteiger partial charge on any atom is 0.318 e. The molecule has 3 amide bonds. The first-order chi connectivity index (χ1) is 17.5. The summed E-state index contributed by atoms with van der Waals surface area (Å²) in [6.45, 7) is 5.73. The van der Waals surface area contributed by atoms with Gasteiger partial charge in [0.15, 0.2) is 0 Å². The lowest BCUT2D eigenvalue weighted by molar-refractivity contribution is -0.116. The smallest absolute Gasteiger partial charge is 0.318 e. The molecule has 1 aliphatic rings. The number of benzene rings is 1. The summed E-state index contributed by atoms with van der Waals surface area (Å²) in [7, 11) is 0. The number of carbonyl (C=O) groups is 2. The Balaban J connectivity index is 1.40. The van der Waals surface area contributed by atoms with Crippen LogP contribution in [-0.2, 0) is 24.3 Å². The maximum atomic E-state index is 12.9. The molecule has 1 unspecified atom stereocenters. The van der Waals surface area contributed by atoms with Crippen molar-refractivity contribution in [1.29, 1.82) is 5.26 Å². The average molecular weight is 504 g/mol. The summed E-state index contributed by atoms with van der Waals surface area (Å²) in [4.78, 5) is 32.5. The van der Waals surface area contributed by atoms with Gasteiger partial charge in [0.1, 0.15) is 16.8 Å². The number of hydrogen-bond donors (Lipinski definition) is 2. The SMILES string of the molecule is CCOc1ccccc1C(C)CC(=O)Nc1sc2c(c1C#N)CCN(C(=O)NCc1ccccn1)C2. The van der Waals surface area contributed by atoms with E-state index >= 15 is 0 Å². The van der Waals surface area contributed by atoms with Gasteiger partial charge in [-0.25, -0.2) is 4.79 Å². The van der Waals surface area contributed by atoms with Crippen molar-refractivity contribution in [3.8, 4) is 11.8 Å². The zero-order chi connectivity index (χ0) is 25.5. The molecule has 0 spiro atoms. The predicted molar refractivity (Wildman–Crippen MR) is 139 cm³/mol. The van der Waals surface area contributed by atoms with Crippen LogP contribution in [0.25, 0.3) is 0 Å². The molecule has 0 saturated heterocycles. The number of carbonyl (C=O) groups excluding carboxylic acids is 2. The molecule has 3 heterocycles. The van der Waals surface area contributed by atoms with Crippen LogP contribution >= 0.6 is 11.3 Å². The first-order valence-electron chi connectivity index (χ1n) is 12.0. The number of nitrogens with one attached hydrogen (secondary N) is 2. The molecule has 4 rings (SSSR count). The summed E-state index contributed by atoms with van der Waals surface area (Å²) in [6.07, 6.45) is 2.53. The first-order valence-corrected chi connectivity index (χ1v) is 12.8. The second-order valence-corrected chi connectivity index (χ2v) is 9.70. The van der Waals surface area contributed by atoms with Crippen LogP contribution in [0.1, 0.15) is 53.4 Å². The lowest BCUT2D eigenvalue weighted by atomic mass is 9.96. The van der Waals surface area contributed by atoms with Crippen LogP contribution in [-0.4, -0.2) is 35.0 Å². The summed E-state index contributed by atoms with van der Waals surface area (Å²) in [5.74, 6) is 0.575. The predicted octanol–water partition coefficient (Wildman–Crippen LogP) is 4.81. The number of urea groups is 1. The first kappa shape index (κ1) is 25.2. The summed E-state index contributed by atoms with van der Waals surface area (Å²) >= 11 is 1.37. The van der Waals surface area contributed by atoms with Gasteiger partial charge in [0.2, 0.25) is 5.91 Å². The lowest BCUT2D eigenvalue weighted by Gasteiger charge is -2.27. The number of rotatable bonds is 8. The van der Waals surface area contributed by atoms with Gasteiger partial charge < -0.3 is 20.3 Å². The largest absolute Gasteiger partial charge is 0.494 e. The quantitative estimate of drug-likeness (QED) is 0.459. The number of pyridine rings is 1. The lowest BCUT2D eigenvalue weighted by Crippen LogP contribution is -2.42. The highest BCUT2D eigenvalue weighted by molar-refractivity contribution is 7.16. The van der Waals surface area contributed by atoms with Gasteiger partial charge in [0.05, 0.1) is 31.0 Å². The van der Waals surface area contributed by atoms with E-state index in [1.165, 1.54) is 11.3 Å².